The highest BCUT2D eigenvalue weighted by Crippen LogP contribution is 2.41. The monoisotopic (exact) mass is 435 g/mol. The average molecular weight is 436 g/mol. The SMILES string of the molecule is C=C(C)C(=O)O.CCN1CC(C)(C)c2ccc([N+](=O)[O-])cc21.c1ccc2ncccc2c1. The number of aliphatic carboxylic acids is 1. The number of nitrogens with zero attached hydrogens (tertiary/aromatic N) is 3. The second-order valence-electron chi connectivity index (χ2n) is 8.14. The number of para-hydroxylation sites is 1. The molecule has 0 atom stereocenters. The molecule has 0 fully saturated rings. The van der Waals surface area contributed by atoms with Crippen LogP contribution in [0.2, 0.25) is 0 Å². The first-order chi connectivity index (χ1) is 15.1. The molecule has 0 unspecified atom stereocenters. The maximum atomic E-state index is 10.7. The number of nitro groups is 1. The standard InChI is InChI=1S/C12H16N2O2.C9H7N.C4H6O2/c1-4-13-8-12(2,3)10-6-5-9(14(15)16)7-11(10)13;1-2-6-9-8(4-1)5-3-7-10-9;1-3(2)4(5)6/h5-7H,4,8H2,1-3H3;1-7H;1H2,2H3,(H,5,6). The molecule has 0 spiro atoms. The van der Waals surface area contributed by atoms with Crippen molar-refractivity contribution in [2.24, 2.45) is 0 Å². The van der Waals surface area contributed by atoms with Gasteiger partial charge in [0.25, 0.3) is 5.69 Å². The molecule has 0 saturated heterocycles. The molecular formula is C25H29N3O4. The molecule has 7 nitrogen and oxygen atoms in total. The average Bonchev–Trinajstić information content (AvgIpc) is 3.04. The van der Waals surface area contributed by atoms with E-state index in [-0.39, 0.29) is 21.6 Å². The number of rotatable bonds is 3. The van der Waals surface area contributed by atoms with Gasteiger partial charge in [0.05, 0.1) is 10.4 Å². The zero-order valence-electron chi connectivity index (χ0n) is 18.9. The van der Waals surface area contributed by atoms with Crippen LogP contribution in [0.25, 0.3) is 10.9 Å². The molecular weight excluding hydrogens is 406 g/mol. The summed E-state index contributed by atoms with van der Waals surface area (Å²) in [7, 11) is 0. The molecule has 0 bridgehead atoms. The number of anilines is 1. The van der Waals surface area contributed by atoms with Crippen molar-refractivity contribution in [2.45, 2.75) is 33.1 Å². The number of carboxylic acid groups (broad SMARTS) is 1. The van der Waals surface area contributed by atoms with E-state index in [1.807, 2.05) is 36.5 Å². The van der Waals surface area contributed by atoms with E-state index in [1.54, 1.807) is 12.1 Å². The van der Waals surface area contributed by atoms with Gasteiger partial charge in [-0.25, -0.2) is 4.79 Å². The smallest absolute Gasteiger partial charge is 0.330 e. The fourth-order valence-corrected chi connectivity index (χ4v) is 3.41. The first-order valence-corrected chi connectivity index (χ1v) is 10.3. The number of hydrogen-bond acceptors (Lipinski definition) is 5. The van der Waals surface area contributed by atoms with E-state index in [0.717, 1.165) is 24.3 Å². The molecule has 168 valence electrons. The third kappa shape index (κ3) is 6.14. The number of hydrogen-bond donors (Lipinski definition) is 1. The van der Waals surface area contributed by atoms with Crippen molar-refractivity contribution in [1.82, 2.24) is 4.98 Å². The van der Waals surface area contributed by atoms with Crippen LogP contribution in [0.1, 0.15) is 33.3 Å². The predicted molar refractivity (Wildman–Crippen MR) is 128 cm³/mol. The van der Waals surface area contributed by atoms with Crippen LogP contribution in [-0.2, 0) is 10.2 Å². The van der Waals surface area contributed by atoms with E-state index in [1.165, 1.54) is 17.9 Å². The van der Waals surface area contributed by atoms with Crippen molar-refractivity contribution in [3.63, 3.8) is 0 Å². The summed E-state index contributed by atoms with van der Waals surface area (Å²) in [5, 5.41) is 19.8. The predicted octanol–water partition coefficient (Wildman–Crippen LogP) is 5.59. The van der Waals surface area contributed by atoms with Crippen molar-refractivity contribution in [1.29, 1.82) is 0 Å². The van der Waals surface area contributed by atoms with E-state index in [0.29, 0.717) is 0 Å². The van der Waals surface area contributed by atoms with Gasteiger partial charge in [0.15, 0.2) is 0 Å². The first kappa shape index (κ1) is 24.5. The van der Waals surface area contributed by atoms with E-state index in [2.05, 4.69) is 49.4 Å². The number of aromatic nitrogens is 1. The highest BCUT2D eigenvalue weighted by molar-refractivity contribution is 5.84. The van der Waals surface area contributed by atoms with Crippen molar-refractivity contribution in [2.75, 3.05) is 18.0 Å². The van der Waals surface area contributed by atoms with Crippen molar-refractivity contribution in [3.05, 3.63) is 88.6 Å². The Kier molecular flexibility index (Phi) is 8.07. The molecule has 1 aliphatic heterocycles. The van der Waals surface area contributed by atoms with Crippen molar-refractivity contribution < 1.29 is 14.8 Å². The highest BCUT2D eigenvalue weighted by Gasteiger charge is 2.35. The van der Waals surface area contributed by atoms with Gasteiger partial charge in [0.2, 0.25) is 0 Å². The summed E-state index contributed by atoms with van der Waals surface area (Å²) in [5.74, 6) is -0.935. The number of carboxylic acids is 1. The number of benzene rings is 2. The molecule has 1 aromatic heterocycles. The summed E-state index contributed by atoms with van der Waals surface area (Å²) in [6, 6.07) is 17.3. The fraction of sp³-hybridized carbons (Fsp3) is 0.280. The Bertz CT molecular complexity index is 1050. The Morgan fingerprint density at radius 2 is 1.84 bits per heavy atom. The minimum atomic E-state index is -0.935. The number of non-ortho nitro benzene ring substituents is 1. The van der Waals surface area contributed by atoms with E-state index in [9.17, 15) is 14.9 Å². The van der Waals surface area contributed by atoms with E-state index in [4.69, 9.17) is 5.11 Å². The summed E-state index contributed by atoms with van der Waals surface area (Å²) in [6.07, 6.45) is 1.81. The van der Waals surface area contributed by atoms with Crippen LogP contribution in [0.5, 0.6) is 0 Å². The van der Waals surface area contributed by atoms with Gasteiger partial charge in [-0.15, -0.1) is 0 Å². The van der Waals surface area contributed by atoms with Crippen LogP contribution in [0.15, 0.2) is 72.9 Å². The first-order valence-electron chi connectivity index (χ1n) is 10.3. The van der Waals surface area contributed by atoms with Gasteiger partial charge in [-0.1, -0.05) is 44.7 Å². The summed E-state index contributed by atoms with van der Waals surface area (Å²) >= 11 is 0. The fourth-order valence-electron chi connectivity index (χ4n) is 3.41. The quantitative estimate of drug-likeness (QED) is 0.327. The Morgan fingerprint density at radius 1 is 1.22 bits per heavy atom. The van der Waals surface area contributed by atoms with E-state index < -0.39 is 5.97 Å². The summed E-state index contributed by atoms with van der Waals surface area (Å²) in [5.41, 5.74) is 3.72. The van der Waals surface area contributed by atoms with Gasteiger partial charge in [0, 0.05) is 53.5 Å². The van der Waals surface area contributed by atoms with Crippen LogP contribution in [0.4, 0.5) is 11.4 Å². The molecule has 0 radical (unpaired) electrons. The van der Waals surface area contributed by atoms with Gasteiger partial charge in [-0.05, 0) is 37.6 Å². The largest absolute Gasteiger partial charge is 0.478 e. The van der Waals surface area contributed by atoms with Crippen LogP contribution in [0.3, 0.4) is 0 Å². The molecule has 0 amide bonds. The van der Waals surface area contributed by atoms with Crippen LogP contribution >= 0.6 is 0 Å². The Labute approximate surface area is 188 Å². The molecule has 1 aliphatic rings. The van der Waals surface area contributed by atoms with Crippen LogP contribution in [-0.4, -0.2) is 34.1 Å². The lowest BCUT2D eigenvalue weighted by atomic mass is 9.87. The van der Waals surface area contributed by atoms with Gasteiger partial charge in [-0.3, -0.25) is 15.1 Å². The second-order valence-corrected chi connectivity index (χ2v) is 8.14. The third-order valence-electron chi connectivity index (χ3n) is 5.11. The normalized spacial score (nSPS) is 13.2. The number of nitro benzene ring substituents is 1. The zero-order chi connectivity index (χ0) is 23.9. The Balaban J connectivity index is 0.000000193. The third-order valence-corrected chi connectivity index (χ3v) is 5.11. The summed E-state index contributed by atoms with van der Waals surface area (Å²) < 4.78 is 0. The molecule has 1 N–H and O–H groups in total. The number of pyridine rings is 1. The Morgan fingerprint density at radius 3 is 2.41 bits per heavy atom. The molecule has 0 saturated carbocycles. The van der Waals surface area contributed by atoms with Crippen molar-refractivity contribution >= 4 is 28.2 Å². The van der Waals surface area contributed by atoms with Crippen LogP contribution < -0.4 is 4.90 Å². The summed E-state index contributed by atoms with van der Waals surface area (Å²) in [4.78, 5) is 26.4. The van der Waals surface area contributed by atoms with Gasteiger partial charge < -0.3 is 10.0 Å². The molecule has 3 aromatic rings. The molecule has 0 aliphatic carbocycles. The highest BCUT2D eigenvalue weighted by atomic mass is 16.6. The molecule has 32 heavy (non-hydrogen) atoms. The number of likely N-dealkylation sites (N-methyl/N-ethyl adjacent to an activating group) is 1. The lowest BCUT2D eigenvalue weighted by molar-refractivity contribution is -0.384. The number of carbonyl (C=O) groups is 1. The van der Waals surface area contributed by atoms with Gasteiger partial charge in [-0.2, -0.15) is 0 Å². The zero-order valence-corrected chi connectivity index (χ0v) is 18.9. The number of fused-ring (bicyclic) bond motifs is 2. The van der Waals surface area contributed by atoms with Crippen molar-refractivity contribution in [3.8, 4) is 0 Å². The maximum Gasteiger partial charge on any atom is 0.330 e. The second kappa shape index (κ2) is 10.5. The molecule has 7 heteroatoms. The lowest BCUT2D eigenvalue weighted by Crippen LogP contribution is -2.28. The van der Waals surface area contributed by atoms with E-state index >= 15 is 0 Å². The van der Waals surface area contributed by atoms with Gasteiger partial charge in [0.1, 0.15) is 0 Å². The minimum absolute atomic E-state index is 0.0838. The molecule has 2 aromatic carbocycles. The van der Waals surface area contributed by atoms with Crippen LogP contribution in [0, 0.1) is 10.1 Å². The summed E-state index contributed by atoms with van der Waals surface area (Å²) in [6.45, 7) is 12.8. The Hall–Kier alpha value is -3.74. The van der Waals surface area contributed by atoms with Gasteiger partial charge >= 0.3 is 5.97 Å². The minimum Gasteiger partial charge on any atom is -0.478 e. The topological polar surface area (TPSA) is 96.6 Å². The lowest BCUT2D eigenvalue weighted by Gasteiger charge is -2.20. The molecule has 4 rings (SSSR count). The maximum absolute atomic E-state index is 10.7. The molecule has 2 heterocycles.